The first-order valence-corrected chi connectivity index (χ1v) is 9.57. The number of hydrogen-bond acceptors (Lipinski definition) is 5. The van der Waals surface area contributed by atoms with E-state index in [2.05, 4.69) is 25.8 Å². The minimum atomic E-state index is -0.605. The first-order valence-electron chi connectivity index (χ1n) is 8.69. The van der Waals surface area contributed by atoms with E-state index in [1.807, 2.05) is 6.07 Å². The number of anilines is 1. The van der Waals surface area contributed by atoms with Crippen LogP contribution in [0.3, 0.4) is 0 Å². The quantitative estimate of drug-likeness (QED) is 0.534. The van der Waals surface area contributed by atoms with Gasteiger partial charge in [-0.1, -0.05) is 48.2 Å². The van der Waals surface area contributed by atoms with Gasteiger partial charge in [0.15, 0.2) is 0 Å². The van der Waals surface area contributed by atoms with Crippen molar-refractivity contribution < 1.29 is 14.0 Å². The third-order valence-electron chi connectivity index (χ3n) is 3.71. The summed E-state index contributed by atoms with van der Waals surface area (Å²) >= 11 is 1.12. The van der Waals surface area contributed by atoms with Crippen LogP contribution >= 0.6 is 11.8 Å². The van der Waals surface area contributed by atoms with Gasteiger partial charge in [0.05, 0.1) is 5.25 Å². The predicted molar refractivity (Wildman–Crippen MR) is 111 cm³/mol. The van der Waals surface area contributed by atoms with Gasteiger partial charge < -0.3 is 5.32 Å². The number of rotatable bonds is 6. The molecule has 1 heterocycles. The lowest BCUT2D eigenvalue weighted by Gasteiger charge is -2.10. The zero-order valence-electron chi connectivity index (χ0n) is 15.4. The largest absolute Gasteiger partial charge is 0.325 e. The highest BCUT2D eigenvalue weighted by molar-refractivity contribution is 8.00. The maximum absolute atomic E-state index is 12.9. The van der Waals surface area contributed by atoms with Crippen LogP contribution in [0.15, 0.2) is 59.8 Å². The van der Waals surface area contributed by atoms with Gasteiger partial charge in [0.2, 0.25) is 11.1 Å². The Labute approximate surface area is 170 Å². The number of amides is 3. The van der Waals surface area contributed by atoms with Crippen molar-refractivity contribution in [2.45, 2.75) is 17.3 Å². The second-order valence-electron chi connectivity index (χ2n) is 5.96. The Morgan fingerprint density at radius 2 is 1.83 bits per heavy atom. The summed E-state index contributed by atoms with van der Waals surface area (Å²) in [7, 11) is 0. The van der Waals surface area contributed by atoms with Gasteiger partial charge in [-0.2, -0.15) is 0 Å². The number of hydrogen-bond donors (Lipinski definition) is 3. The van der Waals surface area contributed by atoms with Gasteiger partial charge in [0.1, 0.15) is 11.6 Å². The third-order valence-corrected chi connectivity index (χ3v) is 4.67. The molecule has 3 amide bonds. The van der Waals surface area contributed by atoms with Crippen LogP contribution in [-0.4, -0.2) is 32.4 Å². The van der Waals surface area contributed by atoms with Gasteiger partial charge in [-0.3, -0.25) is 15.2 Å². The van der Waals surface area contributed by atoms with E-state index >= 15 is 0 Å². The second-order valence-corrected chi connectivity index (χ2v) is 7.27. The van der Waals surface area contributed by atoms with E-state index in [4.69, 9.17) is 0 Å². The van der Waals surface area contributed by atoms with Crippen molar-refractivity contribution in [3.8, 4) is 0 Å². The number of para-hydroxylation sites is 1. The molecule has 0 spiro atoms. The molecule has 0 aliphatic carbocycles. The van der Waals surface area contributed by atoms with Gasteiger partial charge in [0.25, 0.3) is 0 Å². The third kappa shape index (κ3) is 6.28. The summed E-state index contributed by atoms with van der Waals surface area (Å²) < 4.78 is 12.9. The molecule has 29 heavy (non-hydrogen) atoms. The topological polar surface area (TPSA) is 99.8 Å². The fourth-order valence-corrected chi connectivity index (χ4v) is 2.98. The average Bonchev–Trinajstić information content (AvgIpc) is 3.15. The number of aromatic amines is 1. The van der Waals surface area contributed by atoms with Gasteiger partial charge in [-0.05, 0) is 42.8 Å². The molecule has 0 aliphatic rings. The first-order chi connectivity index (χ1) is 14.0. The molecular formula is C20H18FN5O2S. The van der Waals surface area contributed by atoms with Crippen molar-refractivity contribution in [2.75, 3.05) is 5.32 Å². The highest BCUT2D eigenvalue weighted by Gasteiger charge is 2.19. The number of carbonyl (C=O) groups excluding carboxylic acids is 2. The number of imide groups is 1. The molecule has 9 heteroatoms. The Morgan fingerprint density at radius 3 is 2.55 bits per heavy atom. The molecular weight excluding hydrogens is 393 g/mol. The number of nitrogens with one attached hydrogen (secondary N) is 3. The number of urea groups is 1. The summed E-state index contributed by atoms with van der Waals surface area (Å²) in [5.74, 6) is -0.270. The summed E-state index contributed by atoms with van der Waals surface area (Å²) in [6.45, 7) is 1.65. The number of carbonyl (C=O) groups is 2. The molecule has 0 fully saturated rings. The first kappa shape index (κ1) is 20.3. The predicted octanol–water partition coefficient (Wildman–Crippen LogP) is 3.94. The van der Waals surface area contributed by atoms with E-state index in [9.17, 15) is 14.0 Å². The second kappa shape index (κ2) is 9.65. The fraction of sp³-hybridized carbons (Fsp3) is 0.100. The van der Waals surface area contributed by atoms with Crippen LogP contribution in [0.1, 0.15) is 18.3 Å². The Kier molecular flexibility index (Phi) is 6.75. The molecule has 1 aromatic heterocycles. The molecule has 148 valence electrons. The number of nitrogens with zero attached hydrogens (tertiary/aromatic N) is 2. The smallest absolute Gasteiger partial charge is 0.308 e. The zero-order chi connectivity index (χ0) is 20.6. The van der Waals surface area contributed by atoms with E-state index in [0.29, 0.717) is 16.7 Å². The summed E-state index contributed by atoms with van der Waals surface area (Å²) in [5.41, 5.74) is 1.40. The summed E-state index contributed by atoms with van der Waals surface area (Å²) in [4.78, 5) is 28.4. The molecule has 0 saturated carbocycles. The van der Waals surface area contributed by atoms with E-state index in [1.54, 1.807) is 55.5 Å². The highest BCUT2D eigenvalue weighted by atomic mass is 32.2. The lowest BCUT2D eigenvalue weighted by molar-refractivity contribution is -0.119. The van der Waals surface area contributed by atoms with Gasteiger partial charge in [0, 0.05) is 5.69 Å². The van der Waals surface area contributed by atoms with Crippen LogP contribution in [0.5, 0.6) is 0 Å². The van der Waals surface area contributed by atoms with E-state index < -0.39 is 17.2 Å². The maximum atomic E-state index is 12.9. The van der Waals surface area contributed by atoms with Crippen molar-refractivity contribution in [3.05, 3.63) is 71.8 Å². The monoisotopic (exact) mass is 411 g/mol. The van der Waals surface area contributed by atoms with Crippen molar-refractivity contribution in [3.63, 3.8) is 0 Å². The minimum absolute atomic E-state index is 0.301. The van der Waals surface area contributed by atoms with E-state index in [0.717, 1.165) is 17.3 Å². The molecule has 0 radical (unpaired) electrons. The van der Waals surface area contributed by atoms with Crippen LogP contribution in [0.25, 0.3) is 12.2 Å². The molecule has 2 aromatic carbocycles. The van der Waals surface area contributed by atoms with E-state index in [1.165, 1.54) is 12.1 Å². The van der Waals surface area contributed by atoms with Gasteiger partial charge in [-0.15, -0.1) is 5.10 Å². The molecule has 3 rings (SSSR count). The summed E-state index contributed by atoms with van der Waals surface area (Å²) in [6.07, 6.45) is 3.46. The average molecular weight is 411 g/mol. The van der Waals surface area contributed by atoms with Crippen molar-refractivity contribution in [1.29, 1.82) is 0 Å². The normalized spacial score (nSPS) is 11.9. The van der Waals surface area contributed by atoms with Crippen LogP contribution in [0.4, 0.5) is 14.9 Å². The summed E-state index contributed by atoms with van der Waals surface area (Å²) in [6, 6.07) is 14.2. The zero-order valence-corrected chi connectivity index (χ0v) is 16.2. The molecule has 3 aromatic rings. The van der Waals surface area contributed by atoms with Crippen molar-refractivity contribution >= 4 is 41.5 Å². The number of benzene rings is 2. The van der Waals surface area contributed by atoms with Gasteiger partial charge in [-0.25, -0.2) is 14.2 Å². The van der Waals surface area contributed by atoms with Crippen LogP contribution in [0, 0.1) is 5.82 Å². The van der Waals surface area contributed by atoms with Crippen molar-refractivity contribution in [2.24, 2.45) is 0 Å². The molecule has 0 aliphatic heterocycles. The number of aromatic nitrogens is 3. The Morgan fingerprint density at radius 1 is 1.10 bits per heavy atom. The standard InChI is InChI=1S/C20H18FN5O2S/c1-13(18(27)24-19(28)22-16-5-3-2-4-6-16)29-20-23-17(25-26-20)12-9-14-7-10-15(21)11-8-14/h2-13H,1H3,(H,23,25,26)(H2,22,24,27,28)/b12-9+. The van der Waals surface area contributed by atoms with Crippen LogP contribution in [0.2, 0.25) is 0 Å². The molecule has 3 N–H and O–H groups in total. The molecule has 0 bridgehead atoms. The Balaban J connectivity index is 1.51. The molecule has 7 nitrogen and oxygen atoms in total. The lowest BCUT2D eigenvalue weighted by atomic mass is 10.2. The number of halogens is 1. The van der Waals surface area contributed by atoms with Crippen LogP contribution < -0.4 is 10.6 Å². The minimum Gasteiger partial charge on any atom is -0.308 e. The number of H-pyrrole nitrogens is 1. The van der Waals surface area contributed by atoms with Crippen molar-refractivity contribution in [1.82, 2.24) is 20.5 Å². The van der Waals surface area contributed by atoms with E-state index in [-0.39, 0.29) is 5.82 Å². The van der Waals surface area contributed by atoms with Gasteiger partial charge >= 0.3 is 6.03 Å². The number of thioether (sulfide) groups is 1. The Hall–Kier alpha value is -3.46. The molecule has 0 saturated heterocycles. The van der Waals surface area contributed by atoms with Crippen LogP contribution in [-0.2, 0) is 4.79 Å². The fourth-order valence-electron chi connectivity index (χ4n) is 2.24. The molecule has 1 atom stereocenters. The lowest BCUT2D eigenvalue weighted by Crippen LogP contribution is -2.38. The molecule has 1 unspecified atom stereocenters. The maximum Gasteiger partial charge on any atom is 0.325 e. The highest BCUT2D eigenvalue weighted by Crippen LogP contribution is 2.19. The SMILES string of the molecule is CC(Sc1n[nH]c(/C=C/c2ccc(F)cc2)n1)C(=O)NC(=O)Nc1ccccc1. The summed E-state index contributed by atoms with van der Waals surface area (Å²) in [5, 5.41) is 11.5. The Bertz CT molecular complexity index is 1010.